The molecule has 0 aromatic heterocycles. The van der Waals surface area contributed by atoms with Crippen molar-refractivity contribution in [2.45, 2.75) is 6.92 Å². The number of anilines is 1. The van der Waals surface area contributed by atoms with Crippen LogP contribution < -0.4 is 4.90 Å². The Morgan fingerprint density at radius 3 is 1.88 bits per heavy atom. The van der Waals surface area contributed by atoms with E-state index in [-0.39, 0.29) is 31.9 Å². The maximum absolute atomic E-state index is 11.1. The van der Waals surface area contributed by atoms with Crippen molar-refractivity contribution in [2.24, 2.45) is 0 Å². The van der Waals surface area contributed by atoms with Gasteiger partial charge in [-0.25, -0.2) is 4.79 Å². The van der Waals surface area contributed by atoms with Gasteiger partial charge in [0.15, 0.2) is 0 Å². The van der Waals surface area contributed by atoms with Gasteiger partial charge in [0, 0.05) is 18.8 Å². The van der Waals surface area contributed by atoms with Gasteiger partial charge in [-0.15, -0.1) is 0 Å². The van der Waals surface area contributed by atoms with Gasteiger partial charge in [-0.2, -0.15) is 16.8 Å². The second kappa shape index (κ2) is 8.61. The number of rotatable bonds is 10. The van der Waals surface area contributed by atoms with E-state index in [2.05, 4.69) is 0 Å². The molecule has 0 fully saturated rings. The van der Waals surface area contributed by atoms with Crippen LogP contribution in [0.3, 0.4) is 0 Å². The molecule has 0 bridgehead atoms. The Hall–Kier alpha value is -1.69. The standard InChI is InChI=1S/C14H21NO8S2/c1-11-10-12(4-5-13(11)14(16)17)15(6-8-22-24(2,18)19)7-9-23-25(3,20)21/h4-5,10H,6-9H2,1-3H3,(H,16,17). The fraction of sp³-hybridized carbons (Fsp3) is 0.500. The minimum absolute atomic E-state index is 0.141. The van der Waals surface area contributed by atoms with Gasteiger partial charge in [0.05, 0.1) is 31.3 Å². The van der Waals surface area contributed by atoms with E-state index in [0.29, 0.717) is 11.3 Å². The molecule has 11 heteroatoms. The summed E-state index contributed by atoms with van der Waals surface area (Å²) in [7, 11) is -7.21. The molecular weight excluding hydrogens is 374 g/mol. The van der Waals surface area contributed by atoms with Gasteiger partial charge in [-0.05, 0) is 30.7 Å². The van der Waals surface area contributed by atoms with Crippen molar-refractivity contribution in [2.75, 3.05) is 43.7 Å². The molecule has 25 heavy (non-hydrogen) atoms. The van der Waals surface area contributed by atoms with Crippen LogP contribution in [-0.2, 0) is 28.6 Å². The Kier molecular flexibility index (Phi) is 7.35. The predicted octanol–water partition coefficient (Wildman–Crippen LogP) is 0.452. The van der Waals surface area contributed by atoms with Gasteiger partial charge < -0.3 is 10.0 Å². The molecule has 1 N–H and O–H groups in total. The van der Waals surface area contributed by atoms with Gasteiger partial charge in [0.25, 0.3) is 20.2 Å². The summed E-state index contributed by atoms with van der Waals surface area (Å²) in [5.74, 6) is -1.06. The van der Waals surface area contributed by atoms with Crippen molar-refractivity contribution >= 4 is 31.9 Å². The molecule has 0 atom stereocenters. The van der Waals surface area contributed by atoms with E-state index in [4.69, 9.17) is 13.5 Å². The van der Waals surface area contributed by atoms with Crippen molar-refractivity contribution in [3.8, 4) is 0 Å². The highest BCUT2D eigenvalue weighted by atomic mass is 32.2. The number of nitrogens with zero attached hydrogens (tertiary/aromatic N) is 1. The lowest BCUT2D eigenvalue weighted by Crippen LogP contribution is -2.32. The first-order chi connectivity index (χ1) is 11.4. The Balaban J connectivity index is 2.92. The highest BCUT2D eigenvalue weighted by Gasteiger charge is 2.14. The molecule has 0 spiro atoms. The van der Waals surface area contributed by atoms with E-state index in [9.17, 15) is 21.6 Å². The van der Waals surface area contributed by atoms with E-state index >= 15 is 0 Å². The van der Waals surface area contributed by atoms with Crippen molar-refractivity contribution in [3.05, 3.63) is 29.3 Å². The van der Waals surface area contributed by atoms with E-state index in [1.807, 2.05) is 0 Å². The smallest absolute Gasteiger partial charge is 0.335 e. The maximum Gasteiger partial charge on any atom is 0.335 e. The van der Waals surface area contributed by atoms with Gasteiger partial charge in [-0.3, -0.25) is 8.37 Å². The number of hydrogen-bond acceptors (Lipinski definition) is 8. The van der Waals surface area contributed by atoms with Crippen LogP contribution in [0.1, 0.15) is 15.9 Å². The summed E-state index contributed by atoms with van der Waals surface area (Å²) in [6, 6.07) is 4.59. The second-order valence-electron chi connectivity index (χ2n) is 5.34. The Morgan fingerprint density at radius 2 is 1.52 bits per heavy atom. The van der Waals surface area contributed by atoms with Gasteiger partial charge in [0.2, 0.25) is 0 Å². The Bertz CT molecular complexity index is 779. The third kappa shape index (κ3) is 8.29. The molecule has 0 aliphatic heterocycles. The molecule has 0 aliphatic rings. The fourth-order valence-electron chi connectivity index (χ4n) is 2.05. The van der Waals surface area contributed by atoms with Crippen LogP contribution in [-0.4, -0.2) is 66.7 Å². The summed E-state index contributed by atoms with van der Waals surface area (Å²) < 4.78 is 53.6. The number of hydrogen-bond donors (Lipinski definition) is 1. The van der Waals surface area contributed by atoms with Crippen LogP contribution in [0.5, 0.6) is 0 Å². The van der Waals surface area contributed by atoms with Crippen molar-refractivity contribution in [1.82, 2.24) is 0 Å². The Morgan fingerprint density at radius 1 is 1.04 bits per heavy atom. The molecule has 1 rings (SSSR count). The molecule has 0 saturated heterocycles. The monoisotopic (exact) mass is 395 g/mol. The summed E-state index contributed by atoms with van der Waals surface area (Å²) in [5, 5.41) is 9.07. The largest absolute Gasteiger partial charge is 0.478 e. The molecule has 1 aromatic rings. The number of carboxylic acid groups (broad SMARTS) is 1. The lowest BCUT2D eigenvalue weighted by molar-refractivity contribution is 0.0696. The third-order valence-corrected chi connectivity index (χ3v) is 4.31. The average molecular weight is 395 g/mol. The number of carbonyl (C=O) groups is 1. The van der Waals surface area contributed by atoms with E-state index in [1.165, 1.54) is 6.07 Å². The zero-order valence-corrected chi connectivity index (χ0v) is 15.8. The van der Waals surface area contributed by atoms with Crippen LogP contribution in [0.4, 0.5) is 5.69 Å². The summed E-state index contributed by atoms with van der Waals surface area (Å²) in [4.78, 5) is 12.7. The van der Waals surface area contributed by atoms with Gasteiger partial charge in [-0.1, -0.05) is 0 Å². The molecule has 0 aliphatic carbocycles. The fourth-order valence-corrected chi connectivity index (χ4v) is 2.81. The van der Waals surface area contributed by atoms with E-state index in [0.717, 1.165) is 12.5 Å². The minimum Gasteiger partial charge on any atom is -0.478 e. The molecule has 9 nitrogen and oxygen atoms in total. The number of carboxylic acids is 1. The zero-order valence-electron chi connectivity index (χ0n) is 14.1. The molecule has 0 saturated carbocycles. The van der Waals surface area contributed by atoms with Gasteiger partial charge in [0.1, 0.15) is 0 Å². The average Bonchev–Trinajstić information content (AvgIpc) is 2.42. The minimum atomic E-state index is -3.60. The van der Waals surface area contributed by atoms with Crippen molar-refractivity contribution < 1.29 is 35.1 Å². The van der Waals surface area contributed by atoms with Crippen LogP contribution in [0, 0.1) is 6.92 Å². The topological polar surface area (TPSA) is 127 Å². The molecule has 142 valence electrons. The summed E-state index contributed by atoms with van der Waals surface area (Å²) >= 11 is 0. The van der Waals surface area contributed by atoms with E-state index in [1.54, 1.807) is 24.0 Å². The molecule has 1 aromatic carbocycles. The summed E-state index contributed by atoms with van der Waals surface area (Å²) in [5.41, 5.74) is 1.25. The number of benzene rings is 1. The molecule has 0 unspecified atom stereocenters. The number of aromatic carboxylic acids is 1. The second-order valence-corrected chi connectivity index (χ2v) is 8.63. The molecule has 0 radical (unpaired) electrons. The van der Waals surface area contributed by atoms with E-state index < -0.39 is 26.2 Å². The SMILES string of the molecule is Cc1cc(N(CCOS(C)(=O)=O)CCOS(C)(=O)=O)ccc1C(=O)O. The highest BCUT2D eigenvalue weighted by Crippen LogP contribution is 2.19. The molecule has 0 heterocycles. The van der Waals surface area contributed by atoms with Crippen LogP contribution >= 0.6 is 0 Å². The number of aryl methyl sites for hydroxylation is 1. The lowest BCUT2D eigenvalue weighted by atomic mass is 10.1. The third-order valence-electron chi connectivity index (χ3n) is 3.12. The van der Waals surface area contributed by atoms with Crippen LogP contribution in [0.25, 0.3) is 0 Å². The predicted molar refractivity (Wildman–Crippen MR) is 91.9 cm³/mol. The maximum atomic E-state index is 11.1. The molecular formula is C14H21NO8S2. The van der Waals surface area contributed by atoms with Crippen molar-refractivity contribution in [3.63, 3.8) is 0 Å². The van der Waals surface area contributed by atoms with Crippen molar-refractivity contribution in [1.29, 1.82) is 0 Å². The quantitative estimate of drug-likeness (QED) is 0.562. The first-order valence-electron chi connectivity index (χ1n) is 7.17. The first-order valence-corrected chi connectivity index (χ1v) is 10.8. The Labute approximate surface area is 147 Å². The van der Waals surface area contributed by atoms with Crippen LogP contribution in [0.15, 0.2) is 18.2 Å². The lowest BCUT2D eigenvalue weighted by Gasteiger charge is -2.25. The first kappa shape index (κ1) is 21.4. The zero-order chi connectivity index (χ0) is 19.3. The normalized spacial score (nSPS) is 12.1. The van der Waals surface area contributed by atoms with Gasteiger partial charge >= 0.3 is 5.97 Å². The summed E-state index contributed by atoms with van der Waals surface area (Å²) in [6.45, 7) is 1.64. The summed E-state index contributed by atoms with van der Waals surface area (Å²) in [6.07, 6.45) is 1.85. The molecule has 0 amide bonds. The highest BCUT2D eigenvalue weighted by molar-refractivity contribution is 7.86. The van der Waals surface area contributed by atoms with Crippen LogP contribution in [0.2, 0.25) is 0 Å².